The summed E-state index contributed by atoms with van der Waals surface area (Å²) in [5, 5.41) is 7.59. The van der Waals surface area contributed by atoms with Crippen LogP contribution in [0.5, 0.6) is 0 Å². The summed E-state index contributed by atoms with van der Waals surface area (Å²) in [5.41, 5.74) is 3.52. The number of nitrogens with one attached hydrogen (secondary N) is 1. The van der Waals surface area contributed by atoms with Gasteiger partial charge in [0.15, 0.2) is 0 Å². The molecule has 5 heteroatoms. The molecule has 122 valence electrons. The predicted molar refractivity (Wildman–Crippen MR) is 94.7 cm³/mol. The van der Waals surface area contributed by atoms with Crippen molar-refractivity contribution in [3.05, 3.63) is 53.5 Å². The Kier molecular flexibility index (Phi) is 5.68. The molecule has 0 atom stereocenters. The highest BCUT2D eigenvalue weighted by molar-refractivity contribution is 5.45. The number of aryl methyl sites for hydroxylation is 1. The first kappa shape index (κ1) is 16.9. The molecule has 0 spiro atoms. The summed E-state index contributed by atoms with van der Waals surface area (Å²) in [6.07, 6.45) is 1.52. The number of nitrogens with zero attached hydrogens (tertiary/aromatic N) is 4. The molecule has 1 aromatic carbocycles. The number of hydrogen-bond acceptors (Lipinski definition) is 4. The van der Waals surface area contributed by atoms with Gasteiger partial charge < -0.3 is 5.32 Å². The van der Waals surface area contributed by atoms with E-state index in [2.05, 4.69) is 58.5 Å². The van der Waals surface area contributed by atoms with Gasteiger partial charge in [-0.15, -0.1) is 0 Å². The van der Waals surface area contributed by atoms with Gasteiger partial charge in [-0.05, 0) is 24.0 Å². The molecule has 0 radical (unpaired) electrons. The molecule has 0 saturated heterocycles. The van der Waals surface area contributed by atoms with Crippen molar-refractivity contribution in [2.45, 2.75) is 47.1 Å². The maximum atomic E-state index is 4.33. The van der Waals surface area contributed by atoms with Crippen molar-refractivity contribution in [3.63, 3.8) is 0 Å². The molecule has 2 aromatic heterocycles. The van der Waals surface area contributed by atoms with Gasteiger partial charge in [-0.25, -0.2) is 4.98 Å². The lowest BCUT2D eigenvalue weighted by atomic mass is 10.0. The SMILES string of the molecule is CC.Cc1cc(NCc2ccc(C(C)C)cc2)n2ncnc2n1. The van der Waals surface area contributed by atoms with Gasteiger partial charge in [0.2, 0.25) is 0 Å². The molecule has 23 heavy (non-hydrogen) atoms. The number of benzene rings is 1. The molecular weight excluding hydrogens is 286 g/mol. The van der Waals surface area contributed by atoms with Crippen LogP contribution < -0.4 is 5.32 Å². The highest BCUT2D eigenvalue weighted by atomic mass is 15.3. The van der Waals surface area contributed by atoms with Gasteiger partial charge in [0.05, 0.1) is 0 Å². The second kappa shape index (κ2) is 7.72. The summed E-state index contributed by atoms with van der Waals surface area (Å²) < 4.78 is 1.72. The molecular formula is C18H25N5. The van der Waals surface area contributed by atoms with Gasteiger partial charge in [-0.2, -0.15) is 14.6 Å². The third-order valence-corrected chi connectivity index (χ3v) is 3.50. The van der Waals surface area contributed by atoms with Crippen molar-refractivity contribution in [2.24, 2.45) is 0 Å². The Morgan fingerprint density at radius 2 is 1.83 bits per heavy atom. The minimum Gasteiger partial charge on any atom is -0.366 e. The standard InChI is InChI=1S/C16H19N5.C2H6/c1-11(2)14-6-4-13(5-7-14)9-17-15-8-12(3)20-16-18-10-19-21(15)16;1-2/h4-8,10-11,17H,9H2,1-3H3;1-2H3. The Morgan fingerprint density at radius 3 is 2.48 bits per heavy atom. The van der Waals surface area contributed by atoms with Crippen molar-refractivity contribution in [1.29, 1.82) is 0 Å². The lowest BCUT2D eigenvalue weighted by Crippen LogP contribution is -2.07. The molecule has 0 fully saturated rings. The monoisotopic (exact) mass is 311 g/mol. The van der Waals surface area contributed by atoms with E-state index >= 15 is 0 Å². The minimum atomic E-state index is 0.560. The van der Waals surface area contributed by atoms with E-state index in [1.807, 2.05) is 26.8 Å². The van der Waals surface area contributed by atoms with Crippen LogP contribution in [0.3, 0.4) is 0 Å². The summed E-state index contributed by atoms with van der Waals surface area (Å²) in [6.45, 7) is 11.1. The third kappa shape index (κ3) is 4.06. The van der Waals surface area contributed by atoms with Crippen molar-refractivity contribution in [1.82, 2.24) is 19.6 Å². The first-order valence-corrected chi connectivity index (χ1v) is 8.13. The van der Waals surface area contributed by atoms with Gasteiger partial charge in [0, 0.05) is 18.3 Å². The van der Waals surface area contributed by atoms with Crippen LogP contribution in [-0.2, 0) is 6.54 Å². The molecule has 0 amide bonds. The zero-order valence-electron chi connectivity index (χ0n) is 14.5. The van der Waals surface area contributed by atoms with E-state index in [9.17, 15) is 0 Å². The quantitative estimate of drug-likeness (QED) is 0.785. The van der Waals surface area contributed by atoms with Gasteiger partial charge in [-0.3, -0.25) is 0 Å². The van der Waals surface area contributed by atoms with Crippen LogP contribution in [0.4, 0.5) is 5.82 Å². The molecule has 3 rings (SSSR count). The second-order valence-electron chi connectivity index (χ2n) is 5.50. The highest BCUT2D eigenvalue weighted by Crippen LogP contribution is 2.16. The van der Waals surface area contributed by atoms with Crippen LogP contribution in [0.25, 0.3) is 5.78 Å². The highest BCUT2D eigenvalue weighted by Gasteiger charge is 2.05. The number of rotatable bonds is 4. The average Bonchev–Trinajstić information content (AvgIpc) is 3.03. The van der Waals surface area contributed by atoms with Crippen molar-refractivity contribution in [2.75, 3.05) is 5.32 Å². The van der Waals surface area contributed by atoms with Gasteiger partial charge in [-0.1, -0.05) is 52.0 Å². The van der Waals surface area contributed by atoms with E-state index in [1.165, 1.54) is 17.5 Å². The van der Waals surface area contributed by atoms with Crippen molar-refractivity contribution in [3.8, 4) is 0 Å². The maximum Gasteiger partial charge on any atom is 0.254 e. The Labute approximate surface area is 137 Å². The first-order valence-electron chi connectivity index (χ1n) is 8.13. The average molecular weight is 311 g/mol. The normalized spacial score (nSPS) is 10.5. The molecule has 0 saturated carbocycles. The van der Waals surface area contributed by atoms with Crippen molar-refractivity contribution >= 4 is 11.6 Å². The van der Waals surface area contributed by atoms with Gasteiger partial charge in [0.25, 0.3) is 5.78 Å². The lowest BCUT2D eigenvalue weighted by molar-refractivity contribution is 0.864. The fourth-order valence-electron chi connectivity index (χ4n) is 2.27. The number of aromatic nitrogens is 4. The molecule has 3 aromatic rings. The number of fused-ring (bicyclic) bond motifs is 1. The topological polar surface area (TPSA) is 55.1 Å². The largest absolute Gasteiger partial charge is 0.366 e. The zero-order chi connectivity index (χ0) is 16.8. The fourth-order valence-corrected chi connectivity index (χ4v) is 2.27. The van der Waals surface area contributed by atoms with Crippen molar-refractivity contribution < 1.29 is 0 Å². The molecule has 1 N–H and O–H groups in total. The summed E-state index contributed by atoms with van der Waals surface area (Å²) >= 11 is 0. The lowest BCUT2D eigenvalue weighted by Gasteiger charge is -2.10. The van der Waals surface area contributed by atoms with Crippen LogP contribution in [0.15, 0.2) is 36.7 Å². The van der Waals surface area contributed by atoms with Crippen LogP contribution >= 0.6 is 0 Å². The van der Waals surface area contributed by atoms with Crippen LogP contribution in [0.2, 0.25) is 0 Å². The molecule has 0 aliphatic carbocycles. The van der Waals surface area contributed by atoms with Gasteiger partial charge >= 0.3 is 0 Å². The third-order valence-electron chi connectivity index (χ3n) is 3.50. The number of hydrogen-bond donors (Lipinski definition) is 1. The molecule has 0 aliphatic rings. The Bertz CT molecular complexity index is 744. The summed E-state index contributed by atoms with van der Waals surface area (Å²) in [6, 6.07) is 10.7. The van der Waals surface area contributed by atoms with E-state index in [4.69, 9.17) is 0 Å². The molecule has 5 nitrogen and oxygen atoms in total. The van der Waals surface area contributed by atoms with Crippen LogP contribution in [0, 0.1) is 6.92 Å². The molecule has 2 heterocycles. The van der Waals surface area contributed by atoms with E-state index in [0.717, 1.165) is 18.1 Å². The van der Waals surface area contributed by atoms with E-state index in [-0.39, 0.29) is 0 Å². The Hall–Kier alpha value is -2.43. The first-order chi connectivity index (χ1) is 11.1. The molecule has 0 unspecified atom stereocenters. The summed E-state index contributed by atoms with van der Waals surface area (Å²) in [4.78, 5) is 8.46. The minimum absolute atomic E-state index is 0.560. The van der Waals surface area contributed by atoms with E-state index in [0.29, 0.717) is 11.7 Å². The number of anilines is 1. The summed E-state index contributed by atoms with van der Waals surface area (Å²) in [7, 11) is 0. The van der Waals surface area contributed by atoms with Gasteiger partial charge in [0.1, 0.15) is 12.1 Å². The summed E-state index contributed by atoms with van der Waals surface area (Å²) in [5.74, 6) is 2.08. The Morgan fingerprint density at radius 1 is 1.13 bits per heavy atom. The zero-order valence-corrected chi connectivity index (χ0v) is 14.5. The molecule has 0 aliphatic heterocycles. The van der Waals surface area contributed by atoms with Crippen LogP contribution in [0.1, 0.15) is 50.4 Å². The Balaban J connectivity index is 0.000000924. The fraction of sp³-hybridized carbons (Fsp3) is 0.389. The second-order valence-corrected chi connectivity index (χ2v) is 5.50. The van der Waals surface area contributed by atoms with E-state index < -0.39 is 0 Å². The van der Waals surface area contributed by atoms with Crippen LogP contribution in [-0.4, -0.2) is 19.6 Å². The maximum absolute atomic E-state index is 4.33. The van der Waals surface area contributed by atoms with E-state index in [1.54, 1.807) is 4.52 Å². The smallest absolute Gasteiger partial charge is 0.254 e. The predicted octanol–water partition coefficient (Wildman–Crippen LogP) is 4.19. The molecule has 0 bridgehead atoms.